The third-order valence-electron chi connectivity index (χ3n) is 4.74. The van der Waals surface area contributed by atoms with Crippen LogP contribution in [0.5, 0.6) is 0 Å². The van der Waals surface area contributed by atoms with E-state index in [0.717, 1.165) is 19.7 Å². The maximum atomic E-state index is 6.14. The number of thioether (sulfide) groups is 1. The normalized spacial score (nSPS) is 38.0. The zero-order chi connectivity index (χ0) is 13.0. The second kappa shape index (κ2) is 6.60. The van der Waals surface area contributed by atoms with Crippen LogP contribution in [0.3, 0.4) is 0 Å². The molecule has 4 heteroatoms. The number of nitrogens with zero attached hydrogens (tertiary/aromatic N) is 1. The Morgan fingerprint density at radius 2 is 2.22 bits per heavy atom. The van der Waals surface area contributed by atoms with Gasteiger partial charge in [-0.05, 0) is 44.9 Å². The summed E-state index contributed by atoms with van der Waals surface area (Å²) in [6, 6.07) is 0. The summed E-state index contributed by atoms with van der Waals surface area (Å²) in [4.78, 5) is 2.50. The minimum atomic E-state index is 0.184. The molecule has 0 radical (unpaired) electrons. The lowest BCUT2D eigenvalue weighted by Gasteiger charge is -2.49. The first-order valence-electron chi connectivity index (χ1n) is 7.33. The lowest BCUT2D eigenvalue weighted by molar-refractivity contribution is -0.0245. The van der Waals surface area contributed by atoms with Crippen LogP contribution in [0.2, 0.25) is 0 Å². The molecule has 0 aliphatic carbocycles. The maximum absolute atomic E-state index is 6.14. The molecular weight excluding hydrogens is 244 g/mol. The highest BCUT2D eigenvalue weighted by atomic mass is 32.2. The van der Waals surface area contributed by atoms with Gasteiger partial charge in [-0.15, -0.1) is 0 Å². The van der Waals surface area contributed by atoms with Gasteiger partial charge in [0.25, 0.3) is 0 Å². The largest absolute Gasteiger partial charge is 0.377 e. The molecule has 0 saturated carbocycles. The van der Waals surface area contributed by atoms with Crippen molar-refractivity contribution in [1.82, 2.24) is 4.90 Å². The van der Waals surface area contributed by atoms with Crippen LogP contribution in [0.25, 0.3) is 0 Å². The van der Waals surface area contributed by atoms with Crippen molar-refractivity contribution in [1.29, 1.82) is 0 Å². The standard InChI is InChI=1S/C14H28N2OS/c1-12-14(11-15,7-5-9-18-12)16(2)10-13-6-3-4-8-17-13/h12-13H,3-11,15H2,1-2H3. The van der Waals surface area contributed by atoms with Crippen molar-refractivity contribution < 1.29 is 4.74 Å². The molecule has 2 N–H and O–H groups in total. The molecule has 0 aromatic rings. The smallest absolute Gasteiger partial charge is 0.0702 e. The van der Waals surface area contributed by atoms with Crippen LogP contribution in [0.4, 0.5) is 0 Å². The van der Waals surface area contributed by atoms with Gasteiger partial charge in [-0.3, -0.25) is 4.90 Å². The highest BCUT2D eigenvalue weighted by Crippen LogP contribution is 2.37. The first kappa shape index (κ1) is 14.6. The van der Waals surface area contributed by atoms with Gasteiger partial charge in [0.15, 0.2) is 0 Å². The SMILES string of the molecule is CC1SCCCC1(CN)N(C)CC1CCCCO1. The van der Waals surface area contributed by atoms with Crippen LogP contribution >= 0.6 is 11.8 Å². The Kier molecular flexibility index (Phi) is 5.36. The van der Waals surface area contributed by atoms with Crippen molar-refractivity contribution >= 4 is 11.8 Å². The summed E-state index contributed by atoms with van der Waals surface area (Å²) in [5, 5.41) is 0.629. The van der Waals surface area contributed by atoms with Gasteiger partial charge in [0.2, 0.25) is 0 Å². The number of hydrogen-bond acceptors (Lipinski definition) is 4. The van der Waals surface area contributed by atoms with Gasteiger partial charge in [0.05, 0.1) is 6.10 Å². The fourth-order valence-electron chi connectivity index (χ4n) is 3.36. The van der Waals surface area contributed by atoms with Gasteiger partial charge in [0, 0.05) is 30.5 Å². The summed E-state index contributed by atoms with van der Waals surface area (Å²) in [5.74, 6) is 1.29. The van der Waals surface area contributed by atoms with Crippen LogP contribution < -0.4 is 5.73 Å². The highest BCUT2D eigenvalue weighted by Gasteiger charge is 2.41. The molecule has 2 aliphatic rings. The van der Waals surface area contributed by atoms with Crippen LogP contribution in [0.15, 0.2) is 0 Å². The van der Waals surface area contributed by atoms with E-state index in [0.29, 0.717) is 11.4 Å². The van der Waals surface area contributed by atoms with Gasteiger partial charge in [-0.2, -0.15) is 11.8 Å². The van der Waals surface area contributed by atoms with E-state index in [1.54, 1.807) is 0 Å². The third kappa shape index (κ3) is 3.03. The fraction of sp³-hybridized carbons (Fsp3) is 1.00. The quantitative estimate of drug-likeness (QED) is 0.850. The van der Waals surface area contributed by atoms with Crippen molar-refractivity contribution in [2.45, 2.75) is 55.9 Å². The second-order valence-electron chi connectivity index (χ2n) is 5.79. The van der Waals surface area contributed by atoms with Crippen LogP contribution in [0, 0.1) is 0 Å². The number of rotatable bonds is 4. The lowest BCUT2D eigenvalue weighted by Crippen LogP contribution is -2.61. The van der Waals surface area contributed by atoms with Crippen molar-refractivity contribution in [3.63, 3.8) is 0 Å². The summed E-state index contributed by atoms with van der Waals surface area (Å²) >= 11 is 2.08. The highest BCUT2D eigenvalue weighted by molar-refractivity contribution is 8.00. The Balaban J connectivity index is 1.97. The van der Waals surface area contributed by atoms with Crippen LogP contribution in [-0.2, 0) is 4.74 Å². The molecule has 106 valence electrons. The molecule has 3 unspecified atom stereocenters. The molecule has 2 aliphatic heterocycles. The summed E-state index contributed by atoms with van der Waals surface area (Å²) in [7, 11) is 2.24. The molecule has 0 amide bonds. The van der Waals surface area contributed by atoms with Gasteiger partial charge < -0.3 is 10.5 Å². The Morgan fingerprint density at radius 1 is 1.39 bits per heavy atom. The minimum absolute atomic E-state index is 0.184. The maximum Gasteiger partial charge on any atom is 0.0702 e. The van der Waals surface area contributed by atoms with E-state index in [9.17, 15) is 0 Å². The van der Waals surface area contributed by atoms with Gasteiger partial charge in [0.1, 0.15) is 0 Å². The Morgan fingerprint density at radius 3 is 2.83 bits per heavy atom. The molecule has 2 fully saturated rings. The molecule has 3 atom stereocenters. The van der Waals surface area contributed by atoms with E-state index in [1.165, 1.54) is 37.9 Å². The zero-order valence-corrected chi connectivity index (χ0v) is 12.7. The molecule has 3 nitrogen and oxygen atoms in total. The molecule has 2 rings (SSSR count). The van der Waals surface area contributed by atoms with E-state index in [2.05, 4.69) is 30.6 Å². The first-order chi connectivity index (χ1) is 8.69. The van der Waals surface area contributed by atoms with E-state index in [-0.39, 0.29) is 5.54 Å². The van der Waals surface area contributed by atoms with Crippen LogP contribution in [-0.4, -0.2) is 54.3 Å². The van der Waals surface area contributed by atoms with E-state index < -0.39 is 0 Å². The number of hydrogen-bond donors (Lipinski definition) is 1. The topological polar surface area (TPSA) is 38.5 Å². The van der Waals surface area contributed by atoms with Gasteiger partial charge >= 0.3 is 0 Å². The zero-order valence-electron chi connectivity index (χ0n) is 11.9. The molecule has 0 aromatic carbocycles. The third-order valence-corrected chi connectivity index (χ3v) is 6.21. The second-order valence-corrected chi connectivity index (χ2v) is 7.24. The van der Waals surface area contributed by atoms with E-state index in [1.807, 2.05) is 0 Å². The summed E-state index contributed by atoms with van der Waals surface area (Å²) in [6.45, 7) is 5.10. The average Bonchev–Trinajstić information content (AvgIpc) is 2.40. The van der Waals surface area contributed by atoms with Crippen molar-refractivity contribution in [3.8, 4) is 0 Å². The molecule has 0 spiro atoms. The fourth-order valence-corrected chi connectivity index (χ4v) is 4.73. The van der Waals surface area contributed by atoms with Gasteiger partial charge in [-0.1, -0.05) is 6.92 Å². The molecule has 0 aromatic heterocycles. The molecule has 2 saturated heterocycles. The summed E-state index contributed by atoms with van der Waals surface area (Å²) < 4.78 is 5.87. The molecule has 2 heterocycles. The predicted molar refractivity (Wildman–Crippen MR) is 79.2 cm³/mol. The first-order valence-corrected chi connectivity index (χ1v) is 8.38. The number of nitrogens with two attached hydrogens (primary N) is 1. The van der Waals surface area contributed by atoms with E-state index >= 15 is 0 Å². The van der Waals surface area contributed by atoms with E-state index in [4.69, 9.17) is 10.5 Å². The summed E-state index contributed by atoms with van der Waals surface area (Å²) in [5.41, 5.74) is 6.32. The molecular formula is C14H28N2OS. The Hall–Kier alpha value is 0.230. The van der Waals surface area contributed by atoms with Crippen molar-refractivity contribution in [3.05, 3.63) is 0 Å². The van der Waals surface area contributed by atoms with Crippen molar-refractivity contribution in [2.24, 2.45) is 5.73 Å². The molecule has 18 heavy (non-hydrogen) atoms. The molecule has 0 bridgehead atoms. The number of likely N-dealkylation sites (N-methyl/N-ethyl adjacent to an activating group) is 1. The van der Waals surface area contributed by atoms with Crippen molar-refractivity contribution in [2.75, 3.05) is 32.5 Å². The number of ether oxygens (including phenoxy) is 1. The van der Waals surface area contributed by atoms with Crippen LogP contribution in [0.1, 0.15) is 39.0 Å². The lowest BCUT2D eigenvalue weighted by atomic mass is 9.87. The Labute approximate surface area is 116 Å². The Bertz CT molecular complexity index is 258. The van der Waals surface area contributed by atoms with Gasteiger partial charge in [-0.25, -0.2) is 0 Å². The minimum Gasteiger partial charge on any atom is -0.377 e. The summed E-state index contributed by atoms with van der Waals surface area (Å²) in [6.07, 6.45) is 6.72. The monoisotopic (exact) mass is 272 g/mol. The predicted octanol–water partition coefficient (Wildman–Crippen LogP) is 2.10. The average molecular weight is 272 g/mol.